The molecule has 0 unspecified atom stereocenters. The molecule has 0 bridgehead atoms. The maximum atomic E-state index is 11.6. The Morgan fingerprint density at radius 2 is 1.21 bits per heavy atom. The lowest BCUT2D eigenvalue weighted by molar-refractivity contribution is -0.136. The average molecular weight is 338 g/mol. The molecule has 24 heavy (non-hydrogen) atoms. The number of carboxylic acids is 1. The van der Waals surface area contributed by atoms with Gasteiger partial charge in [0.05, 0.1) is 6.42 Å². The van der Waals surface area contributed by atoms with Crippen LogP contribution in [0.3, 0.4) is 0 Å². The second kappa shape index (κ2) is 16.4. The molecule has 1 N–H and O–H groups in total. The molecule has 138 valence electrons. The van der Waals surface area contributed by atoms with E-state index in [0.717, 1.165) is 25.3 Å². The van der Waals surface area contributed by atoms with E-state index in [-0.39, 0.29) is 12.8 Å². The van der Waals surface area contributed by atoms with Gasteiger partial charge in [0.1, 0.15) is 0 Å². The smallest absolute Gasteiger partial charge is 0.307 e. The molecule has 0 aliphatic carbocycles. The van der Waals surface area contributed by atoms with E-state index in [1.807, 2.05) is 0 Å². The number of allylic oxidation sites excluding steroid dienone is 1. The fraction of sp³-hybridized carbons (Fsp3) is 0.750. The van der Waals surface area contributed by atoms with Crippen molar-refractivity contribution < 1.29 is 19.5 Å². The number of carbonyl (C=O) groups is 3. The van der Waals surface area contributed by atoms with Gasteiger partial charge >= 0.3 is 5.97 Å². The molecule has 0 aliphatic rings. The van der Waals surface area contributed by atoms with Crippen LogP contribution in [0.1, 0.15) is 96.8 Å². The van der Waals surface area contributed by atoms with Gasteiger partial charge < -0.3 is 5.11 Å². The molecule has 0 aromatic heterocycles. The predicted octanol–water partition coefficient (Wildman–Crippen LogP) is 5.25. The largest absolute Gasteiger partial charge is 0.481 e. The van der Waals surface area contributed by atoms with E-state index >= 15 is 0 Å². The van der Waals surface area contributed by atoms with Crippen LogP contribution in [0, 0.1) is 0 Å². The molecule has 0 rings (SSSR count). The van der Waals surface area contributed by atoms with Gasteiger partial charge in [0.15, 0.2) is 0 Å². The van der Waals surface area contributed by atoms with Gasteiger partial charge in [-0.05, 0) is 12.5 Å². The minimum Gasteiger partial charge on any atom is -0.481 e. The van der Waals surface area contributed by atoms with Crippen LogP contribution in [-0.4, -0.2) is 22.6 Å². The van der Waals surface area contributed by atoms with Gasteiger partial charge in [-0.1, -0.05) is 83.6 Å². The number of ketones is 2. The summed E-state index contributed by atoms with van der Waals surface area (Å²) in [5.41, 5.74) is 0. The normalized spacial score (nSPS) is 11.0. The number of hydrogen-bond acceptors (Lipinski definition) is 3. The minimum atomic E-state index is -1.01. The quantitative estimate of drug-likeness (QED) is 0.223. The van der Waals surface area contributed by atoms with E-state index in [9.17, 15) is 14.4 Å². The summed E-state index contributed by atoms with van der Waals surface area (Å²) in [4.78, 5) is 33.3. The van der Waals surface area contributed by atoms with Gasteiger partial charge in [-0.15, -0.1) is 0 Å². The van der Waals surface area contributed by atoms with Gasteiger partial charge in [-0.2, -0.15) is 0 Å². The molecule has 0 saturated carbocycles. The number of unbranched alkanes of at least 4 members (excludes halogenated alkanes) is 11. The van der Waals surface area contributed by atoms with Crippen LogP contribution in [0.15, 0.2) is 12.2 Å². The molecule has 0 aliphatic heterocycles. The van der Waals surface area contributed by atoms with E-state index in [2.05, 4.69) is 6.92 Å². The van der Waals surface area contributed by atoms with Crippen LogP contribution in [0.5, 0.6) is 0 Å². The molecule has 0 amide bonds. The SMILES string of the molecule is CCCCCCCCCCCCCCC(=O)C(=O)C=CCC(=O)O. The molecular weight excluding hydrogens is 304 g/mol. The van der Waals surface area contributed by atoms with E-state index in [0.29, 0.717) is 0 Å². The summed E-state index contributed by atoms with van der Waals surface area (Å²) in [5.74, 6) is -2.00. The summed E-state index contributed by atoms with van der Waals surface area (Å²) in [6.07, 6.45) is 17.0. The fourth-order valence-corrected chi connectivity index (χ4v) is 2.61. The second-order valence-electron chi connectivity index (χ2n) is 6.43. The number of rotatable bonds is 17. The highest BCUT2D eigenvalue weighted by Crippen LogP contribution is 2.12. The Balaban J connectivity index is 3.40. The lowest BCUT2D eigenvalue weighted by Crippen LogP contribution is -2.10. The van der Waals surface area contributed by atoms with Crippen molar-refractivity contribution in [2.75, 3.05) is 0 Å². The van der Waals surface area contributed by atoms with Gasteiger partial charge in [-0.3, -0.25) is 14.4 Å². The van der Waals surface area contributed by atoms with Gasteiger partial charge in [0.25, 0.3) is 0 Å². The predicted molar refractivity (Wildman–Crippen MR) is 97.1 cm³/mol. The molecule has 0 spiro atoms. The number of carbonyl (C=O) groups excluding carboxylic acids is 2. The van der Waals surface area contributed by atoms with E-state index in [1.165, 1.54) is 63.9 Å². The molecule has 0 heterocycles. The summed E-state index contributed by atoms with van der Waals surface area (Å²) in [6, 6.07) is 0. The van der Waals surface area contributed by atoms with Crippen molar-refractivity contribution in [3.05, 3.63) is 12.2 Å². The highest BCUT2D eigenvalue weighted by atomic mass is 16.4. The second-order valence-corrected chi connectivity index (χ2v) is 6.43. The zero-order valence-corrected chi connectivity index (χ0v) is 15.2. The Kier molecular flexibility index (Phi) is 15.4. The molecular formula is C20H34O4. The third kappa shape index (κ3) is 15.4. The molecule has 0 fully saturated rings. The maximum Gasteiger partial charge on any atom is 0.307 e. The first-order chi connectivity index (χ1) is 11.6. The summed E-state index contributed by atoms with van der Waals surface area (Å²) in [7, 11) is 0. The van der Waals surface area contributed by atoms with Crippen LogP contribution >= 0.6 is 0 Å². The van der Waals surface area contributed by atoms with Crippen LogP contribution in [0.25, 0.3) is 0 Å². The molecule has 4 nitrogen and oxygen atoms in total. The fourth-order valence-electron chi connectivity index (χ4n) is 2.61. The van der Waals surface area contributed by atoms with Crippen molar-refractivity contribution in [2.24, 2.45) is 0 Å². The average Bonchev–Trinajstić information content (AvgIpc) is 2.55. The van der Waals surface area contributed by atoms with Crippen LogP contribution in [-0.2, 0) is 14.4 Å². The van der Waals surface area contributed by atoms with E-state index < -0.39 is 17.5 Å². The zero-order valence-electron chi connectivity index (χ0n) is 15.2. The Bertz CT molecular complexity index is 385. The van der Waals surface area contributed by atoms with Crippen LogP contribution in [0.4, 0.5) is 0 Å². The Labute approximate surface area is 146 Å². The number of Topliss-reactive ketones (excluding diaryl/α,β-unsaturated/α-hetero) is 1. The number of carboxylic acid groups (broad SMARTS) is 1. The monoisotopic (exact) mass is 338 g/mol. The number of aliphatic carboxylic acids is 1. The maximum absolute atomic E-state index is 11.6. The van der Waals surface area contributed by atoms with Gasteiger partial charge in [0, 0.05) is 6.42 Å². The topological polar surface area (TPSA) is 71.4 Å². The lowest BCUT2D eigenvalue weighted by Gasteiger charge is -2.02. The first kappa shape index (κ1) is 22.6. The number of hydrogen-bond donors (Lipinski definition) is 1. The highest BCUT2D eigenvalue weighted by molar-refractivity contribution is 6.41. The minimum absolute atomic E-state index is 0.225. The van der Waals surface area contributed by atoms with Crippen molar-refractivity contribution in [3.63, 3.8) is 0 Å². The first-order valence-corrected chi connectivity index (χ1v) is 9.53. The van der Waals surface area contributed by atoms with Gasteiger partial charge in [-0.25, -0.2) is 0 Å². The molecule has 0 aromatic rings. The molecule has 0 atom stereocenters. The Morgan fingerprint density at radius 1 is 0.750 bits per heavy atom. The van der Waals surface area contributed by atoms with Crippen LogP contribution in [0.2, 0.25) is 0 Å². The standard InChI is InChI=1S/C20H34O4/c1-2-3-4-5-6-7-8-9-10-11-12-13-15-18(21)19(22)16-14-17-20(23)24/h14,16H,2-13,15,17H2,1H3,(H,23,24). The van der Waals surface area contributed by atoms with Crippen molar-refractivity contribution in [1.29, 1.82) is 0 Å². The van der Waals surface area contributed by atoms with Crippen molar-refractivity contribution in [2.45, 2.75) is 96.8 Å². The Hall–Kier alpha value is -1.45. The summed E-state index contributed by atoms with van der Waals surface area (Å²) < 4.78 is 0. The summed E-state index contributed by atoms with van der Waals surface area (Å²) >= 11 is 0. The van der Waals surface area contributed by atoms with Gasteiger partial charge in [0.2, 0.25) is 11.6 Å². The van der Waals surface area contributed by atoms with Crippen molar-refractivity contribution >= 4 is 17.5 Å². The third-order valence-electron chi connectivity index (χ3n) is 4.09. The van der Waals surface area contributed by atoms with Crippen molar-refractivity contribution in [1.82, 2.24) is 0 Å². The summed E-state index contributed by atoms with van der Waals surface area (Å²) in [6.45, 7) is 2.24. The summed E-state index contributed by atoms with van der Waals surface area (Å²) in [5, 5.41) is 8.44. The highest BCUT2D eigenvalue weighted by Gasteiger charge is 2.09. The molecule has 0 radical (unpaired) electrons. The van der Waals surface area contributed by atoms with E-state index in [4.69, 9.17) is 5.11 Å². The molecule has 0 saturated heterocycles. The van der Waals surface area contributed by atoms with E-state index in [1.54, 1.807) is 0 Å². The zero-order chi connectivity index (χ0) is 18.0. The Morgan fingerprint density at radius 3 is 1.67 bits per heavy atom. The lowest BCUT2D eigenvalue weighted by atomic mass is 10.0. The first-order valence-electron chi connectivity index (χ1n) is 9.53. The van der Waals surface area contributed by atoms with Crippen LogP contribution < -0.4 is 0 Å². The third-order valence-corrected chi connectivity index (χ3v) is 4.09. The van der Waals surface area contributed by atoms with Crippen molar-refractivity contribution in [3.8, 4) is 0 Å². The molecule has 4 heteroatoms. The molecule has 0 aromatic carbocycles.